The topological polar surface area (TPSA) is 75.6 Å². The molecule has 0 aliphatic rings. The molecule has 1 unspecified atom stereocenters. The molecule has 0 heterocycles. The highest BCUT2D eigenvalue weighted by atomic mass is 35.5. The number of methoxy groups -OCH3 is 1. The van der Waals surface area contributed by atoms with Crippen LogP contribution in [0, 0.1) is 5.92 Å². The minimum Gasteiger partial charge on any atom is -0.494 e. The van der Waals surface area contributed by atoms with E-state index in [9.17, 15) is 9.59 Å². The molecule has 0 spiro atoms. The highest BCUT2D eigenvalue weighted by Gasteiger charge is 2.15. The van der Waals surface area contributed by atoms with E-state index in [2.05, 4.69) is 5.32 Å². The van der Waals surface area contributed by atoms with Gasteiger partial charge in [0.25, 0.3) is 5.91 Å². The number of nitrogens with one attached hydrogen (secondary N) is 1. The zero-order valence-corrected chi connectivity index (χ0v) is 12.6. The Morgan fingerprint density at radius 2 is 1.90 bits per heavy atom. The van der Waals surface area contributed by atoms with Crippen molar-refractivity contribution in [3.8, 4) is 5.75 Å². The van der Waals surface area contributed by atoms with Crippen molar-refractivity contribution in [2.75, 3.05) is 13.7 Å². The van der Waals surface area contributed by atoms with Gasteiger partial charge in [0.2, 0.25) is 0 Å². The van der Waals surface area contributed by atoms with Crippen molar-refractivity contribution in [2.24, 2.45) is 5.92 Å². The van der Waals surface area contributed by atoms with Crippen LogP contribution in [0.15, 0.2) is 12.1 Å². The highest BCUT2D eigenvalue weighted by Crippen LogP contribution is 2.33. The van der Waals surface area contributed by atoms with Crippen LogP contribution in [0.4, 0.5) is 0 Å². The Kier molecular flexibility index (Phi) is 6.10. The second-order valence-corrected chi connectivity index (χ2v) is 5.20. The fourth-order valence-corrected chi connectivity index (χ4v) is 2.27. The van der Waals surface area contributed by atoms with Gasteiger partial charge in [-0.1, -0.05) is 30.1 Å². The molecule has 1 rings (SSSR count). The third kappa shape index (κ3) is 4.58. The maximum Gasteiger partial charge on any atom is 0.303 e. The summed E-state index contributed by atoms with van der Waals surface area (Å²) in [6.07, 6.45) is -0.00952. The van der Waals surface area contributed by atoms with Crippen LogP contribution in [0.3, 0.4) is 0 Å². The number of carbonyl (C=O) groups excluding carboxylic acids is 1. The van der Waals surface area contributed by atoms with Crippen LogP contribution in [0.5, 0.6) is 5.75 Å². The van der Waals surface area contributed by atoms with E-state index in [1.807, 2.05) is 0 Å². The fourth-order valence-electron chi connectivity index (χ4n) is 1.63. The highest BCUT2D eigenvalue weighted by molar-refractivity contribution is 6.37. The van der Waals surface area contributed by atoms with Crippen LogP contribution in [0.2, 0.25) is 10.0 Å². The Labute approximate surface area is 126 Å². The second kappa shape index (κ2) is 7.36. The van der Waals surface area contributed by atoms with E-state index in [1.165, 1.54) is 19.2 Å². The average Bonchev–Trinajstić information content (AvgIpc) is 2.34. The van der Waals surface area contributed by atoms with Crippen molar-refractivity contribution in [3.05, 3.63) is 27.7 Å². The Balaban J connectivity index is 2.71. The van der Waals surface area contributed by atoms with Crippen molar-refractivity contribution >= 4 is 35.1 Å². The van der Waals surface area contributed by atoms with Crippen molar-refractivity contribution in [2.45, 2.75) is 13.3 Å². The normalized spacial score (nSPS) is 11.8. The smallest absolute Gasteiger partial charge is 0.303 e. The zero-order chi connectivity index (χ0) is 15.3. The molecule has 5 nitrogen and oxygen atoms in total. The molecule has 0 fully saturated rings. The van der Waals surface area contributed by atoms with Gasteiger partial charge in [-0.15, -0.1) is 0 Å². The molecule has 0 aliphatic heterocycles. The first kappa shape index (κ1) is 16.6. The lowest BCUT2D eigenvalue weighted by atomic mass is 10.1. The summed E-state index contributed by atoms with van der Waals surface area (Å²) in [5.41, 5.74) is 0.295. The first-order valence-corrected chi connectivity index (χ1v) is 6.63. The number of hydrogen-bond acceptors (Lipinski definition) is 3. The van der Waals surface area contributed by atoms with E-state index in [0.717, 1.165) is 0 Å². The van der Waals surface area contributed by atoms with Crippen LogP contribution in [-0.2, 0) is 4.79 Å². The monoisotopic (exact) mass is 319 g/mol. The van der Waals surface area contributed by atoms with E-state index >= 15 is 0 Å². The molecule has 1 aromatic carbocycles. The SMILES string of the molecule is COc1c(Cl)cc(C(=O)NCC(C)CC(=O)O)cc1Cl. The summed E-state index contributed by atoms with van der Waals surface area (Å²) in [5.74, 6) is -1.12. The predicted molar refractivity (Wildman–Crippen MR) is 76.8 cm³/mol. The van der Waals surface area contributed by atoms with Crippen molar-refractivity contribution in [1.82, 2.24) is 5.32 Å². The minimum absolute atomic E-state index is 0.00952. The van der Waals surface area contributed by atoms with Crippen molar-refractivity contribution in [1.29, 1.82) is 0 Å². The maximum atomic E-state index is 11.9. The molecule has 0 bridgehead atoms. The van der Waals surface area contributed by atoms with Crippen LogP contribution < -0.4 is 10.1 Å². The number of halogens is 2. The number of carboxylic acids is 1. The lowest BCUT2D eigenvalue weighted by molar-refractivity contribution is -0.137. The van der Waals surface area contributed by atoms with Crippen LogP contribution in [-0.4, -0.2) is 30.6 Å². The molecule has 7 heteroatoms. The number of carboxylic acid groups (broad SMARTS) is 1. The van der Waals surface area contributed by atoms with E-state index in [-0.39, 0.29) is 34.8 Å². The molecule has 0 aromatic heterocycles. The van der Waals surface area contributed by atoms with E-state index in [1.54, 1.807) is 6.92 Å². The summed E-state index contributed by atoms with van der Waals surface area (Å²) in [7, 11) is 1.43. The molecule has 1 aromatic rings. The molecule has 0 saturated carbocycles. The number of carbonyl (C=O) groups is 2. The zero-order valence-electron chi connectivity index (χ0n) is 11.1. The number of hydrogen-bond donors (Lipinski definition) is 2. The third-order valence-corrected chi connectivity index (χ3v) is 3.16. The number of rotatable bonds is 6. The van der Waals surface area contributed by atoms with Gasteiger partial charge in [-0.25, -0.2) is 0 Å². The Bertz CT molecular complexity index is 496. The number of amides is 1. The van der Waals surface area contributed by atoms with Gasteiger partial charge >= 0.3 is 5.97 Å². The molecular formula is C13H15Cl2NO4. The maximum absolute atomic E-state index is 11.9. The number of benzene rings is 1. The summed E-state index contributed by atoms with van der Waals surface area (Å²) in [6.45, 7) is 1.99. The summed E-state index contributed by atoms with van der Waals surface area (Å²) in [6, 6.07) is 2.90. The average molecular weight is 320 g/mol. The van der Waals surface area contributed by atoms with Gasteiger partial charge in [0.15, 0.2) is 5.75 Å². The van der Waals surface area contributed by atoms with Gasteiger partial charge < -0.3 is 15.2 Å². The molecule has 0 radical (unpaired) electrons. The first-order valence-electron chi connectivity index (χ1n) is 5.88. The van der Waals surface area contributed by atoms with Crippen molar-refractivity contribution < 1.29 is 19.4 Å². The lowest BCUT2D eigenvalue weighted by Crippen LogP contribution is -2.29. The molecular weight excluding hydrogens is 305 g/mol. The lowest BCUT2D eigenvalue weighted by Gasteiger charge is -2.12. The summed E-state index contributed by atoms with van der Waals surface area (Å²) in [5, 5.41) is 11.7. The van der Waals surface area contributed by atoms with Gasteiger partial charge in [0, 0.05) is 18.5 Å². The van der Waals surface area contributed by atoms with Gasteiger partial charge in [-0.05, 0) is 18.1 Å². The predicted octanol–water partition coefficient (Wildman–Crippen LogP) is 2.84. The first-order chi connectivity index (χ1) is 9.35. The van der Waals surface area contributed by atoms with E-state index < -0.39 is 5.97 Å². The molecule has 1 amide bonds. The van der Waals surface area contributed by atoms with Crippen LogP contribution >= 0.6 is 23.2 Å². The molecule has 1 atom stereocenters. The minimum atomic E-state index is -0.901. The fraction of sp³-hybridized carbons (Fsp3) is 0.385. The summed E-state index contributed by atoms with van der Waals surface area (Å²) < 4.78 is 4.99. The van der Waals surface area contributed by atoms with E-state index in [0.29, 0.717) is 11.3 Å². The number of aliphatic carboxylic acids is 1. The largest absolute Gasteiger partial charge is 0.494 e. The van der Waals surface area contributed by atoms with E-state index in [4.69, 9.17) is 33.0 Å². The third-order valence-electron chi connectivity index (χ3n) is 2.60. The quantitative estimate of drug-likeness (QED) is 0.845. The molecule has 0 aliphatic carbocycles. The number of ether oxygens (including phenoxy) is 1. The Hall–Kier alpha value is -1.46. The summed E-state index contributed by atoms with van der Waals surface area (Å²) >= 11 is 11.9. The molecule has 2 N–H and O–H groups in total. The molecule has 20 heavy (non-hydrogen) atoms. The van der Waals surface area contributed by atoms with Gasteiger partial charge in [0.05, 0.1) is 17.2 Å². The van der Waals surface area contributed by atoms with Crippen LogP contribution in [0.1, 0.15) is 23.7 Å². The van der Waals surface area contributed by atoms with Crippen LogP contribution in [0.25, 0.3) is 0 Å². The standard InChI is InChI=1S/C13H15Cl2NO4/c1-7(3-11(17)18)6-16-13(19)8-4-9(14)12(20-2)10(15)5-8/h4-5,7H,3,6H2,1-2H3,(H,16,19)(H,17,18). The van der Waals surface area contributed by atoms with Crippen molar-refractivity contribution in [3.63, 3.8) is 0 Å². The molecule has 0 saturated heterocycles. The Morgan fingerprint density at radius 1 is 1.35 bits per heavy atom. The Morgan fingerprint density at radius 3 is 2.35 bits per heavy atom. The van der Waals surface area contributed by atoms with Gasteiger partial charge in [-0.3, -0.25) is 9.59 Å². The second-order valence-electron chi connectivity index (χ2n) is 4.39. The van der Waals surface area contributed by atoms with Gasteiger partial charge in [0.1, 0.15) is 0 Å². The molecule has 110 valence electrons. The summed E-state index contributed by atoms with van der Waals surface area (Å²) in [4.78, 5) is 22.4. The van der Waals surface area contributed by atoms with Gasteiger partial charge in [-0.2, -0.15) is 0 Å².